The summed E-state index contributed by atoms with van der Waals surface area (Å²) in [6.45, 7) is 16.4. The van der Waals surface area contributed by atoms with Crippen LogP contribution in [0, 0.1) is 0 Å². The fourth-order valence-electron chi connectivity index (χ4n) is 3.51. The number of carbonyl (C=O) groups excluding carboxylic acids is 4. The van der Waals surface area contributed by atoms with E-state index < -0.39 is 77.1 Å². The lowest BCUT2D eigenvalue weighted by molar-refractivity contribution is -0.245. The fourth-order valence-corrected chi connectivity index (χ4v) is 5.68. The second-order valence-electron chi connectivity index (χ2n) is 9.69. The fraction of sp³-hybridized carbons (Fsp3) is 0.800. The lowest BCUT2D eigenvalue weighted by Crippen LogP contribution is -2.70. The molecule has 12 heteroatoms. The molecular formula is C20H36O10Si2. The van der Waals surface area contributed by atoms with E-state index in [1.54, 1.807) is 0 Å². The highest BCUT2D eigenvalue weighted by Crippen LogP contribution is 2.36. The van der Waals surface area contributed by atoms with E-state index in [1.807, 2.05) is 39.3 Å². The summed E-state index contributed by atoms with van der Waals surface area (Å²) in [6, 6.07) is 0. The maximum absolute atomic E-state index is 12.0. The van der Waals surface area contributed by atoms with Gasteiger partial charge in [-0.05, 0) is 39.3 Å². The van der Waals surface area contributed by atoms with Gasteiger partial charge in [-0.25, -0.2) is 0 Å². The number of hydrogen-bond acceptors (Lipinski definition) is 10. The molecule has 1 saturated carbocycles. The van der Waals surface area contributed by atoms with Gasteiger partial charge in [0.2, 0.25) is 0 Å². The minimum Gasteiger partial charge on any atom is -0.456 e. The van der Waals surface area contributed by atoms with Crippen LogP contribution < -0.4 is 0 Å². The maximum Gasteiger partial charge on any atom is 0.303 e. The average Bonchev–Trinajstić information content (AvgIpc) is 2.53. The van der Waals surface area contributed by atoms with Gasteiger partial charge in [-0.2, -0.15) is 0 Å². The Morgan fingerprint density at radius 3 is 0.781 bits per heavy atom. The van der Waals surface area contributed by atoms with Crippen molar-refractivity contribution >= 4 is 40.5 Å². The predicted octanol–water partition coefficient (Wildman–Crippen LogP) is 2.17. The second-order valence-corrected chi connectivity index (χ2v) is 18.6. The third-order valence-electron chi connectivity index (χ3n) is 4.13. The van der Waals surface area contributed by atoms with Gasteiger partial charge in [0.25, 0.3) is 0 Å². The average molecular weight is 493 g/mol. The Kier molecular flexibility index (Phi) is 9.63. The van der Waals surface area contributed by atoms with E-state index in [1.165, 1.54) is 27.7 Å². The van der Waals surface area contributed by atoms with Gasteiger partial charge in [-0.15, -0.1) is 0 Å². The predicted molar refractivity (Wildman–Crippen MR) is 119 cm³/mol. The molecule has 0 aromatic rings. The van der Waals surface area contributed by atoms with Gasteiger partial charge in [-0.3, -0.25) is 19.2 Å². The van der Waals surface area contributed by atoms with Crippen molar-refractivity contribution in [2.24, 2.45) is 0 Å². The van der Waals surface area contributed by atoms with Gasteiger partial charge >= 0.3 is 23.9 Å². The molecule has 1 rings (SSSR count). The van der Waals surface area contributed by atoms with Crippen LogP contribution in [0.25, 0.3) is 0 Å². The molecule has 1 aliphatic carbocycles. The van der Waals surface area contributed by atoms with E-state index in [0.29, 0.717) is 0 Å². The SMILES string of the molecule is CC(=O)OC1C(OC(C)=O)C(OC(C)=O)C(O[Si](C)(C)C)C(O[Si](C)(C)C)C1OC(C)=O. The van der Waals surface area contributed by atoms with Crippen molar-refractivity contribution in [2.45, 2.75) is 104 Å². The van der Waals surface area contributed by atoms with E-state index in [-0.39, 0.29) is 0 Å². The highest BCUT2D eigenvalue weighted by Gasteiger charge is 2.59. The lowest BCUT2D eigenvalue weighted by Gasteiger charge is -2.50. The number of rotatable bonds is 8. The molecule has 0 spiro atoms. The van der Waals surface area contributed by atoms with E-state index in [0.717, 1.165) is 0 Å². The molecule has 6 unspecified atom stereocenters. The molecule has 0 saturated heterocycles. The molecule has 0 N–H and O–H groups in total. The Morgan fingerprint density at radius 1 is 0.438 bits per heavy atom. The molecule has 6 atom stereocenters. The molecule has 0 aliphatic heterocycles. The van der Waals surface area contributed by atoms with Crippen LogP contribution >= 0.6 is 0 Å². The summed E-state index contributed by atoms with van der Waals surface area (Å²) in [4.78, 5) is 47.9. The van der Waals surface area contributed by atoms with Gasteiger partial charge in [-0.1, -0.05) is 0 Å². The topological polar surface area (TPSA) is 124 Å². The van der Waals surface area contributed by atoms with Gasteiger partial charge in [0.05, 0.1) is 0 Å². The zero-order valence-corrected chi connectivity index (χ0v) is 22.5. The Labute approximate surface area is 191 Å². The molecule has 10 nitrogen and oxygen atoms in total. The molecule has 0 amide bonds. The van der Waals surface area contributed by atoms with Crippen LogP contribution in [0.5, 0.6) is 0 Å². The summed E-state index contributed by atoms with van der Waals surface area (Å²) in [6.07, 6.45) is -6.71. The standard InChI is InChI=1S/C20H36O10Si2/c1-11(21)25-15-16(26-12(2)22)18(28-14(4)24)20(30-32(8,9)10)19(29-31(5,6)7)17(15)27-13(3)23/h15-20H,1-10H3. The summed E-state index contributed by atoms with van der Waals surface area (Å²) in [7, 11) is -4.58. The molecule has 32 heavy (non-hydrogen) atoms. The Hall–Kier alpha value is -1.77. The minimum atomic E-state index is -2.29. The number of esters is 4. The molecule has 1 fully saturated rings. The first-order valence-electron chi connectivity index (χ1n) is 10.5. The molecule has 0 aromatic carbocycles. The van der Waals surface area contributed by atoms with Crippen LogP contribution in [0.15, 0.2) is 0 Å². The van der Waals surface area contributed by atoms with Crippen molar-refractivity contribution in [1.29, 1.82) is 0 Å². The van der Waals surface area contributed by atoms with Crippen LogP contribution in [0.3, 0.4) is 0 Å². The van der Waals surface area contributed by atoms with Crippen molar-refractivity contribution in [3.63, 3.8) is 0 Å². The summed E-state index contributed by atoms with van der Waals surface area (Å²) in [5.74, 6) is -2.67. The first-order valence-corrected chi connectivity index (χ1v) is 17.3. The third kappa shape index (κ3) is 9.00. The zero-order valence-electron chi connectivity index (χ0n) is 20.5. The van der Waals surface area contributed by atoms with Crippen molar-refractivity contribution in [3.05, 3.63) is 0 Å². The van der Waals surface area contributed by atoms with Crippen molar-refractivity contribution in [2.75, 3.05) is 0 Å². The largest absolute Gasteiger partial charge is 0.456 e. The first kappa shape index (κ1) is 28.3. The molecule has 0 radical (unpaired) electrons. The van der Waals surface area contributed by atoms with E-state index in [4.69, 9.17) is 27.8 Å². The van der Waals surface area contributed by atoms with Crippen molar-refractivity contribution < 1.29 is 47.0 Å². The molecule has 0 heterocycles. The smallest absolute Gasteiger partial charge is 0.303 e. The maximum atomic E-state index is 12.0. The Bertz CT molecular complexity index is 652. The summed E-state index contributed by atoms with van der Waals surface area (Å²) in [5.41, 5.74) is 0. The minimum absolute atomic E-state index is 0.643. The van der Waals surface area contributed by atoms with Crippen LogP contribution in [0.4, 0.5) is 0 Å². The highest BCUT2D eigenvalue weighted by molar-refractivity contribution is 6.70. The van der Waals surface area contributed by atoms with Crippen LogP contribution in [0.1, 0.15) is 27.7 Å². The molecule has 1 aliphatic rings. The summed E-state index contributed by atoms with van der Waals surface area (Å²) >= 11 is 0. The molecular weight excluding hydrogens is 456 g/mol. The highest BCUT2D eigenvalue weighted by atomic mass is 28.4. The first-order chi connectivity index (χ1) is 14.4. The van der Waals surface area contributed by atoms with Crippen molar-refractivity contribution in [1.82, 2.24) is 0 Å². The summed E-state index contributed by atoms with van der Waals surface area (Å²) in [5, 5.41) is 0. The molecule has 0 bridgehead atoms. The van der Waals surface area contributed by atoms with Crippen LogP contribution in [-0.2, 0) is 47.0 Å². The quantitative estimate of drug-likeness (QED) is 0.283. The second kappa shape index (κ2) is 10.9. The van der Waals surface area contributed by atoms with Gasteiger partial charge in [0.15, 0.2) is 41.1 Å². The van der Waals surface area contributed by atoms with E-state index in [9.17, 15) is 19.2 Å². The third-order valence-corrected chi connectivity index (χ3v) is 6.09. The zero-order chi connectivity index (χ0) is 25.0. The Morgan fingerprint density at radius 2 is 0.625 bits per heavy atom. The number of carbonyl (C=O) groups is 4. The van der Waals surface area contributed by atoms with Crippen molar-refractivity contribution in [3.8, 4) is 0 Å². The molecule has 184 valence electrons. The van der Waals surface area contributed by atoms with Crippen LogP contribution in [-0.4, -0.2) is 77.1 Å². The van der Waals surface area contributed by atoms with E-state index in [2.05, 4.69) is 0 Å². The van der Waals surface area contributed by atoms with Gasteiger partial charge in [0, 0.05) is 27.7 Å². The van der Waals surface area contributed by atoms with Gasteiger partial charge < -0.3 is 27.8 Å². The number of ether oxygens (including phenoxy) is 4. The molecule has 0 aromatic heterocycles. The van der Waals surface area contributed by atoms with E-state index >= 15 is 0 Å². The number of hydrogen-bond donors (Lipinski definition) is 0. The van der Waals surface area contributed by atoms with Gasteiger partial charge in [0.1, 0.15) is 12.2 Å². The Balaban J connectivity index is 3.75. The normalized spacial score (nSPS) is 28.4. The monoisotopic (exact) mass is 492 g/mol. The summed E-state index contributed by atoms with van der Waals surface area (Å²) < 4.78 is 34.8. The van der Waals surface area contributed by atoms with Crippen LogP contribution in [0.2, 0.25) is 39.3 Å². The lowest BCUT2D eigenvalue weighted by atomic mass is 9.84.